The highest BCUT2D eigenvalue weighted by atomic mass is 16.5. The number of phenolic OH excluding ortho intramolecular Hbond substituents is 2. The quantitative estimate of drug-likeness (QED) is 0.613. The number of ether oxygens (including phenoxy) is 2. The van der Waals surface area contributed by atoms with E-state index in [9.17, 15) is 24.6 Å². The number of esters is 2. The summed E-state index contributed by atoms with van der Waals surface area (Å²) in [4.78, 5) is 37.7. The van der Waals surface area contributed by atoms with E-state index < -0.39 is 40.7 Å². The molecule has 0 heterocycles. The van der Waals surface area contributed by atoms with Crippen LogP contribution in [0.1, 0.15) is 56.0 Å². The molecule has 0 aliphatic carbocycles. The highest BCUT2D eigenvalue weighted by Gasteiger charge is 2.30. The monoisotopic (exact) mass is 372 g/mol. The van der Waals surface area contributed by atoms with Crippen molar-refractivity contribution in [1.29, 1.82) is 0 Å². The van der Waals surface area contributed by atoms with Crippen LogP contribution >= 0.6 is 0 Å². The minimum atomic E-state index is -0.989. The van der Waals surface area contributed by atoms with Gasteiger partial charge in [-0.3, -0.25) is 4.79 Å². The van der Waals surface area contributed by atoms with Crippen LogP contribution in [0.15, 0.2) is 30.3 Å². The summed E-state index contributed by atoms with van der Waals surface area (Å²) in [5.74, 6) is -3.45. The highest BCUT2D eigenvalue weighted by Crippen LogP contribution is 2.30. The number of methoxy groups -OCH3 is 1. The van der Waals surface area contributed by atoms with Crippen molar-refractivity contribution in [3.8, 4) is 11.5 Å². The molecule has 0 spiro atoms. The minimum absolute atomic E-state index is 0.0472. The van der Waals surface area contributed by atoms with Gasteiger partial charge in [-0.1, -0.05) is 11.6 Å². The smallest absolute Gasteiger partial charge is 0.343 e. The molecule has 0 aliphatic heterocycles. The highest BCUT2D eigenvalue weighted by molar-refractivity contribution is 6.19. The molecular weight excluding hydrogens is 352 g/mol. The van der Waals surface area contributed by atoms with Crippen LogP contribution in [0, 0.1) is 6.92 Å². The zero-order chi connectivity index (χ0) is 20.3. The maximum absolute atomic E-state index is 13.0. The summed E-state index contributed by atoms with van der Waals surface area (Å²) in [6.07, 6.45) is -0.512. The fourth-order valence-corrected chi connectivity index (χ4v) is 2.55. The lowest BCUT2D eigenvalue weighted by atomic mass is 9.93. The van der Waals surface area contributed by atoms with E-state index in [2.05, 4.69) is 0 Å². The number of rotatable bonds is 5. The summed E-state index contributed by atoms with van der Waals surface area (Å²) >= 11 is 0. The van der Waals surface area contributed by atoms with Gasteiger partial charge in [0.15, 0.2) is 5.78 Å². The molecular formula is C20H20O7. The van der Waals surface area contributed by atoms with Gasteiger partial charge in [-0.05, 0) is 45.0 Å². The summed E-state index contributed by atoms with van der Waals surface area (Å²) < 4.78 is 9.76. The van der Waals surface area contributed by atoms with Crippen LogP contribution in [0.3, 0.4) is 0 Å². The number of aromatic hydroxyl groups is 2. The number of carbonyl (C=O) groups is 3. The number of phenols is 2. The second-order valence-corrected chi connectivity index (χ2v) is 6.18. The first-order valence-corrected chi connectivity index (χ1v) is 8.17. The van der Waals surface area contributed by atoms with E-state index in [4.69, 9.17) is 9.47 Å². The topological polar surface area (TPSA) is 110 Å². The molecule has 142 valence electrons. The number of benzene rings is 2. The van der Waals surface area contributed by atoms with Gasteiger partial charge in [0.2, 0.25) is 0 Å². The van der Waals surface area contributed by atoms with Gasteiger partial charge in [-0.15, -0.1) is 0 Å². The van der Waals surface area contributed by atoms with E-state index in [1.165, 1.54) is 18.2 Å². The maximum atomic E-state index is 13.0. The van der Waals surface area contributed by atoms with Crippen molar-refractivity contribution in [2.75, 3.05) is 7.11 Å². The van der Waals surface area contributed by atoms with E-state index >= 15 is 0 Å². The van der Waals surface area contributed by atoms with Crippen molar-refractivity contribution < 1.29 is 34.1 Å². The Morgan fingerprint density at radius 1 is 0.889 bits per heavy atom. The average molecular weight is 372 g/mol. The molecule has 27 heavy (non-hydrogen) atoms. The fraction of sp³-hybridized carbons (Fsp3) is 0.250. The van der Waals surface area contributed by atoms with Gasteiger partial charge in [-0.25, -0.2) is 9.59 Å². The first-order valence-electron chi connectivity index (χ1n) is 8.17. The van der Waals surface area contributed by atoms with Crippen molar-refractivity contribution in [3.63, 3.8) is 0 Å². The van der Waals surface area contributed by atoms with Crippen LogP contribution in [0.2, 0.25) is 0 Å². The number of carbonyl (C=O) groups excluding carboxylic acids is 3. The van der Waals surface area contributed by atoms with Gasteiger partial charge in [0.1, 0.15) is 17.1 Å². The summed E-state index contributed by atoms with van der Waals surface area (Å²) in [5.41, 5.74) is -0.415. The molecule has 0 aromatic heterocycles. The molecule has 0 radical (unpaired) electrons. The molecule has 0 amide bonds. The van der Waals surface area contributed by atoms with Crippen LogP contribution in [-0.4, -0.2) is 41.1 Å². The van der Waals surface area contributed by atoms with Gasteiger partial charge >= 0.3 is 11.9 Å². The van der Waals surface area contributed by atoms with Gasteiger partial charge < -0.3 is 19.7 Å². The number of hydrogen-bond donors (Lipinski definition) is 2. The van der Waals surface area contributed by atoms with Crippen molar-refractivity contribution >= 4 is 17.7 Å². The van der Waals surface area contributed by atoms with Gasteiger partial charge in [0.25, 0.3) is 0 Å². The normalized spacial score (nSPS) is 10.6. The first kappa shape index (κ1) is 20.0. The van der Waals surface area contributed by atoms with Gasteiger partial charge in [0.05, 0.1) is 24.3 Å². The lowest BCUT2D eigenvalue weighted by molar-refractivity contribution is 0.0364. The predicted molar refractivity (Wildman–Crippen MR) is 96.3 cm³/mol. The van der Waals surface area contributed by atoms with E-state index in [1.807, 2.05) is 0 Å². The molecule has 0 aliphatic rings. The molecule has 2 aromatic rings. The lowest BCUT2D eigenvalue weighted by Gasteiger charge is -2.15. The number of ketones is 1. The molecule has 0 fully saturated rings. The van der Waals surface area contributed by atoms with Crippen molar-refractivity contribution in [1.82, 2.24) is 0 Å². The lowest BCUT2D eigenvalue weighted by Crippen LogP contribution is -2.20. The van der Waals surface area contributed by atoms with E-state index in [0.29, 0.717) is 5.56 Å². The molecule has 0 saturated carbocycles. The molecule has 0 unspecified atom stereocenters. The standard InChI is InChI=1S/C20H20O7/c1-10(2)27-20(25)17-15(22)8-6-12(16(17)19(24)26-4)18(23)13-9-11(3)5-7-14(13)21/h5-10,21-22H,1-4H3. The summed E-state index contributed by atoms with van der Waals surface area (Å²) in [6, 6.07) is 6.74. The second kappa shape index (κ2) is 7.90. The Kier molecular flexibility index (Phi) is 5.85. The number of aryl methyl sites for hydroxylation is 1. The molecule has 0 bridgehead atoms. The Morgan fingerprint density at radius 2 is 1.52 bits per heavy atom. The summed E-state index contributed by atoms with van der Waals surface area (Å²) in [5, 5.41) is 20.2. The first-order chi connectivity index (χ1) is 12.7. The zero-order valence-corrected chi connectivity index (χ0v) is 15.4. The summed E-state index contributed by atoms with van der Waals surface area (Å²) in [7, 11) is 1.09. The molecule has 0 saturated heterocycles. The molecule has 2 aromatic carbocycles. The van der Waals surface area contributed by atoms with Gasteiger partial charge in [-0.2, -0.15) is 0 Å². The minimum Gasteiger partial charge on any atom is -0.507 e. The van der Waals surface area contributed by atoms with Crippen molar-refractivity contribution in [2.24, 2.45) is 0 Å². The van der Waals surface area contributed by atoms with E-state index in [-0.39, 0.29) is 16.9 Å². The Hall–Kier alpha value is -3.35. The van der Waals surface area contributed by atoms with Crippen LogP contribution < -0.4 is 0 Å². The Balaban J connectivity index is 2.73. The SMILES string of the molecule is COC(=O)c1c(C(=O)c2cc(C)ccc2O)ccc(O)c1C(=O)OC(C)C. The third-order valence-electron chi connectivity index (χ3n) is 3.76. The zero-order valence-electron chi connectivity index (χ0n) is 15.4. The Labute approximate surface area is 156 Å². The molecule has 2 N–H and O–H groups in total. The fourth-order valence-electron chi connectivity index (χ4n) is 2.55. The summed E-state index contributed by atoms with van der Waals surface area (Å²) in [6.45, 7) is 4.94. The Bertz CT molecular complexity index is 913. The van der Waals surface area contributed by atoms with Gasteiger partial charge in [0, 0.05) is 5.56 Å². The molecule has 7 nitrogen and oxygen atoms in total. The Morgan fingerprint density at radius 3 is 2.11 bits per heavy atom. The maximum Gasteiger partial charge on any atom is 0.343 e. The van der Waals surface area contributed by atoms with E-state index in [0.717, 1.165) is 13.2 Å². The van der Waals surface area contributed by atoms with Crippen molar-refractivity contribution in [2.45, 2.75) is 26.9 Å². The van der Waals surface area contributed by atoms with Crippen molar-refractivity contribution in [3.05, 3.63) is 58.1 Å². The van der Waals surface area contributed by atoms with Crippen LogP contribution in [-0.2, 0) is 9.47 Å². The average Bonchev–Trinajstić information content (AvgIpc) is 2.61. The van der Waals surface area contributed by atoms with Crippen LogP contribution in [0.5, 0.6) is 11.5 Å². The van der Waals surface area contributed by atoms with Crippen LogP contribution in [0.25, 0.3) is 0 Å². The number of hydrogen-bond acceptors (Lipinski definition) is 7. The second-order valence-electron chi connectivity index (χ2n) is 6.18. The predicted octanol–water partition coefficient (Wildman–Crippen LogP) is 2.99. The third kappa shape index (κ3) is 4.08. The van der Waals surface area contributed by atoms with E-state index in [1.54, 1.807) is 26.8 Å². The molecule has 0 atom stereocenters. The molecule has 7 heteroatoms. The largest absolute Gasteiger partial charge is 0.507 e. The van der Waals surface area contributed by atoms with Crippen LogP contribution in [0.4, 0.5) is 0 Å². The molecule has 2 rings (SSSR count). The third-order valence-corrected chi connectivity index (χ3v) is 3.76.